The molecule has 1 aromatic carbocycles. The summed E-state index contributed by atoms with van der Waals surface area (Å²) in [5.74, 6) is 0. The van der Waals surface area contributed by atoms with Crippen LogP contribution in [0.5, 0.6) is 0 Å². The molecule has 4 heteroatoms. The first-order valence-corrected chi connectivity index (χ1v) is 8.08. The number of nitrogens with zero attached hydrogens (tertiary/aromatic N) is 3. The number of piperazine rings is 1. The van der Waals surface area contributed by atoms with Crippen LogP contribution >= 0.6 is 15.9 Å². The minimum absolute atomic E-state index is 0.936. The molecule has 1 aromatic rings. The van der Waals surface area contributed by atoms with Crippen molar-refractivity contribution in [2.75, 3.05) is 58.3 Å². The largest absolute Gasteiger partial charge is 0.369 e. The third kappa shape index (κ3) is 4.48. The molecule has 0 aromatic heterocycles. The number of rotatable bonds is 5. The van der Waals surface area contributed by atoms with E-state index in [1.807, 2.05) is 0 Å². The van der Waals surface area contributed by atoms with Gasteiger partial charge in [-0.05, 0) is 31.8 Å². The fraction of sp³-hybridized carbons (Fsp3) is 0.600. The van der Waals surface area contributed by atoms with E-state index in [1.54, 1.807) is 0 Å². The summed E-state index contributed by atoms with van der Waals surface area (Å²) in [6, 6.07) is 8.91. The minimum atomic E-state index is 0.936. The first kappa shape index (κ1) is 14.8. The van der Waals surface area contributed by atoms with Crippen molar-refractivity contribution in [3.8, 4) is 0 Å². The molecule has 1 fully saturated rings. The average molecular weight is 326 g/mol. The predicted octanol–water partition coefficient (Wildman–Crippen LogP) is 2.27. The van der Waals surface area contributed by atoms with E-state index < -0.39 is 0 Å². The minimum Gasteiger partial charge on any atom is -0.369 e. The molecule has 1 aliphatic heterocycles. The van der Waals surface area contributed by atoms with Gasteiger partial charge in [-0.25, -0.2) is 0 Å². The summed E-state index contributed by atoms with van der Waals surface area (Å²) in [5, 5.41) is 0.936. The lowest BCUT2D eigenvalue weighted by atomic mass is 10.2. The Balaban J connectivity index is 1.81. The van der Waals surface area contributed by atoms with E-state index >= 15 is 0 Å². The van der Waals surface area contributed by atoms with Gasteiger partial charge in [-0.15, -0.1) is 0 Å². The zero-order valence-electron chi connectivity index (χ0n) is 12.0. The Bertz CT molecular complexity index is 369. The van der Waals surface area contributed by atoms with Crippen LogP contribution in [0.4, 0.5) is 5.69 Å². The molecule has 1 saturated heterocycles. The molecule has 0 aliphatic carbocycles. The normalized spacial score (nSPS) is 17.2. The molecule has 0 unspecified atom stereocenters. The number of hydrogen-bond acceptors (Lipinski definition) is 3. The molecule has 19 heavy (non-hydrogen) atoms. The fourth-order valence-electron chi connectivity index (χ4n) is 2.37. The van der Waals surface area contributed by atoms with Crippen LogP contribution < -0.4 is 4.90 Å². The monoisotopic (exact) mass is 325 g/mol. The third-order valence-electron chi connectivity index (χ3n) is 3.69. The van der Waals surface area contributed by atoms with Crippen molar-refractivity contribution in [2.45, 2.75) is 5.33 Å². The summed E-state index contributed by atoms with van der Waals surface area (Å²) in [4.78, 5) is 7.30. The Labute approximate surface area is 125 Å². The highest BCUT2D eigenvalue weighted by molar-refractivity contribution is 9.08. The quantitative estimate of drug-likeness (QED) is 0.769. The Kier molecular flexibility index (Phi) is 5.67. The fourth-order valence-corrected chi connectivity index (χ4v) is 2.74. The van der Waals surface area contributed by atoms with Crippen LogP contribution in [0.1, 0.15) is 5.56 Å². The van der Waals surface area contributed by atoms with Crippen LogP contribution in [-0.4, -0.2) is 63.2 Å². The van der Waals surface area contributed by atoms with Gasteiger partial charge in [-0.3, -0.25) is 4.90 Å². The molecule has 0 amide bonds. The zero-order chi connectivity index (χ0) is 13.7. The summed E-state index contributed by atoms with van der Waals surface area (Å²) in [7, 11) is 4.28. The number of benzene rings is 1. The average Bonchev–Trinajstić information content (AvgIpc) is 2.46. The molecular weight excluding hydrogens is 302 g/mol. The van der Waals surface area contributed by atoms with Gasteiger partial charge in [0.15, 0.2) is 0 Å². The zero-order valence-corrected chi connectivity index (χ0v) is 13.6. The summed E-state index contributed by atoms with van der Waals surface area (Å²) >= 11 is 3.49. The summed E-state index contributed by atoms with van der Waals surface area (Å²) in [6.45, 7) is 6.97. The maximum absolute atomic E-state index is 3.49. The second-order valence-electron chi connectivity index (χ2n) is 5.43. The van der Waals surface area contributed by atoms with E-state index in [0.717, 1.165) is 25.0 Å². The highest BCUT2D eigenvalue weighted by Gasteiger charge is 2.16. The molecule has 1 aliphatic rings. The van der Waals surface area contributed by atoms with Crippen molar-refractivity contribution < 1.29 is 0 Å². The second-order valence-corrected chi connectivity index (χ2v) is 5.99. The molecule has 3 nitrogen and oxygen atoms in total. The van der Waals surface area contributed by atoms with Gasteiger partial charge in [0.05, 0.1) is 0 Å². The number of halogens is 1. The van der Waals surface area contributed by atoms with Crippen LogP contribution in [-0.2, 0) is 5.33 Å². The Hall–Kier alpha value is -0.580. The number of hydrogen-bond donors (Lipinski definition) is 0. The lowest BCUT2D eigenvalue weighted by Crippen LogP contribution is -2.48. The van der Waals surface area contributed by atoms with Gasteiger partial charge in [0.25, 0.3) is 0 Å². The molecule has 0 spiro atoms. The smallest absolute Gasteiger partial charge is 0.0367 e. The predicted molar refractivity (Wildman–Crippen MR) is 86.3 cm³/mol. The van der Waals surface area contributed by atoms with Crippen molar-refractivity contribution in [3.63, 3.8) is 0 Å². The Morgan fingerprint density at radius 1 is 1.05 bits per heavy atom. The van der Waals surface area contributed by atoms with Gasteiger partial charge >= 0.3 is 0 Å². The first-order valence-electron chi connectivity index (χ1n) is 6.96. The number of likely N-dealkylation sites (N-methyl/N-ethyl adjacent to an activating group) is 1. The van der Waals surface area contributed by atoms with Crippen molar-refractivity contribution in [3.05, 3.63) is 29.8 Å². The SMILES string of the molecule is CN(C)CCN1CCN(c2ccc(CBr)cc2)CC1. The van der Waals surface area contributed by atoms with Crippen LogP contribution in [0, 0.1) is 0 Å². The summed E-state index contributed by atoms with van der Waals surface area (Å²) < 4.78 is 0. The maximum Gasteiger partial charge on any atom is 0.0367 e. The third-order valence-corrected chi connectivity index (χ3v) is 4.34. The standard InChI is InChI=1S/C15H24BrN3/c1-17(2)7-8-18-9-11-19(12-10-18)15-5-3-14(13-16)4-6-15/h3-6H,7-13H2,1-2H3. The summed E-state index contributed by atoms with van der Waals surface area (Å²) in [6.07, 6.45) is 0. The molecule has 1 heterocycles. The molecule has 0 bridgehead atoms. The van der Waals surface area contributed by atoms with E-state index in [4.69, 9.17) is 0 Å². The molecule has 0 saturated carbocycles. The van der Waals surface area contributed by atoms with Gasteiger partial charge < -0.3 is 9.80 Å². The lowest BCUT2D eigenvalue weighted by molar-refractivity contribution is 0.229. The van der Waals surface area contributed by atoms with Crippen molar-refractivity contribution in [1.82, 2.24) is 9.80 Å². The van der Waals surface area contributed by atoms with Crippen LogP contribution in [0.15, 0.2) is 24.3 Å². The van der Waals surface area contributed by atoms with E-state index in [-0.39, 0.29) is 0 Å². The first-order chi connectivity index (χ1) is 9.19. The van der Waals surface area contributed by atoms with E-state index in [1.165, 1.54) is 30.9 Å². The molecule has 0 N–H and O–H groups in total. The Morgan fingerprint density at radius 3 is 2.21 bits per heavy atom. The lowest BCUT2D eigenvalue weighted by Gasteiger charge is -2.36. The topological polar surface area (TPSA) is 9.72 Å². The maximum atomic E-state index is 3.49. The highest BCUT2D eigenvalue weighted by atomic mass is 79.9. The summed E-state index contributed by atoms with van der Waals surface area (Å²) in [5.41, 5.74) is 2.70. The Morgan fingerprint density at radius 2 is 1.68 bits per heavy atom. The molecule has 0 radical (unpaired) electrons. The van der Waals surface area contributed by atoms with E-state index in [2.05, 4.69) is 69.0 Å². The van der Waals surface area contributed by atoms with Gasteiger partial charge in [0, 0.05) is 50.3 Å². The number of alkyl halides is 1. The second kappa shape index (κ2) is 7.27. The molecule has 2 rings (SSSR count). The van der Waals surface area contributed by atoms with Gasteiger partial charge in [-0.2, -0.15) is 0 Å². The van der Waals surface area contributed by atoms with Crippen molar-refractivity contribution in [1.29, 1.82) is 0 Å². The molecule has 0 atom stereocenters. The molecular formula is C15H24BrN3. The highest BCUT2D eigenvalue weighted by Crippen LogP contribution is 2.18. The van der Waals surface area contributed by atoms with Crippen molar-refractivity contribution >= 4 is 21.6 Å². The van der Waals surface area contributed by atoms with Gasteiger partial charge in [-0.1, -0.05) is 28.1 Å². The van der Waals surface area contributed by atoms with Crippen LogP contribution in [0.3, 0.4) is 0 Å². The van der Waals surface area contributed by atoms with Crippen molar-refractivity contribution in [2.24, 2.45) is 0 Å². The van der Waals surface area contributed by atoms with Gasteiger partial charge in [0.1, 0.15) is 0 Å². The van der Waals surface area contributed by atoms with Gasteiger partial charge in [0.2, 0.25) is 0 Å². The van der Waals surface area contributed by atoms with E-state index in [9.17, 15) is 0 Å². The molecule has 106 valence electrons. The number of anilines is 1. The van der Waals surface area contributed by atoms with E-state index in [0.29, 0.717) is 0 Å². The van der Waals surface area contributed by atoms with Crippen LogP contribution in [0.25, 0.3) is 0 Å². The van der Waals surface area contributed by atoms with Crippen LogP contribution in [0.2, 0.25) is 0 Å².